The quantitative estimate of drug-likeness (QED) is 0.227. The lowest BCUT2D eigenvalue weighted by molar-refractivity contribution is -0.185. The van der Waals surface area contributed by atoms with Crippen molar-refractivity contribution in [3.63, 3.8) is 0 Å². The molecule has 0 radical (unpaired) electrons. The fourth-order valence-electron chi connectivity index (χ4n) is 8.10. The average molecular weight is 797 g/mol. The van der Waals surface area contributed by atoms with E-state index in [1.165, 1.54) is 34.9 Å². The zero-order valence-corrected chi connectivity index (χ0v) is 32.8. The number of nitrogens with one attached hydrogen (secondary N) is 1. The lowest BCUT2D eigenvalue weighted by atomic mass is 9.63. The second-order valence-corrected chi connectivity index (χ2v) is 17.8. The number of anilines is 1. The number of carbonyl (C=O) groups is 1. The van der Waals surface area contributed by atoms with Crippen molar-refractivity contribution in [2.45, 2.75) is 51.2 Å². The minimum atomic E-state index is -3.78. The van der Waals surface area contributed by atoms with Gasteiger partial charge in [-0.25, -0.2) is 23.1 Å². The van der Waals surface area contributed by atoms with Crippen LogP contribution in [0.3, 0.4) is 0 Å². The molecule has 13 nitrogen and oxygen atoms in total. The fourth-order valence-corrected chi connectivity index (χ4v) is 9.75. The number of nitriles is 1. The molecule has 1 amide bonds. The van der Waals surface area contributed by atoms with E-state index in [1.54, 1.807) is 42.8 Å². The van der Waals surface area contributed by atoms with Crippen LogP contribution in [0.1, 0.15) is 53.0 Å². The molecule has 4 aromatic heterocycles. The van der Waals surface area contributed by atoms with Gasteiger partial charge in [0, 0.05) is 70.9 Å². The third kappa shape index (κ3) is 6.96. The second kappa shape index (κ2) is 14.3. The molecule has 2 saturated heterocycles. The molecule has 3 aliphatic rings. The van der Waals surface area contributed by atoms with Crippen LogP contribution in [0.4, 0.5) is 5.82 Å². The lowest BCUT2D eigenvalue weighted by Gasteiger charge is -2.57. The van der Waals surface area contributed by atoms with Gasteiger partial charge in [0.25, 0.3) is 11.5 Å². The van der Waals surface area contributed by atoms with Crippen molar-refractivity contribution in [2.24, 2.45) is 5.41 Å². The molecule has 0 bridgehead atoms. The summed E-state index contributed by atoms with van der Waals surface area (Å²) in [6.07, 6.45) is 8.33. The number of fused-ring (bicyclic) bond motifs is 2. The van der Waals surface area contributed by atoms with E-state index in [0.29, 0.717) is 60.5 Å². The summed E-state index contributed by atoms with van der Waals surface area (Å²) in [5.74, 6) is 6.44. The highest BCUT2D eigenvalue weighted by molar-refractivity contribution is 7.89. The number of benzene rings is 1. The van der Waals surface area contributed by atoms with Crippen LogP contribution in [0.5, 0.6) is 0 Å². The molecular formula is C39H37ClN8O5S2. The Labute approximate surface area is 327 Å². The van der Waals surface area contributed by atoms with Gasteiger partial charge in [-0.1, -0.05) is 23.4 Å². The van der Waals surface area contributed by atoms with E-state index >= 15 is 0 Å². The largest absolute Gasteiger partial charge is 0.380 e. The first-order valence-corrected chi connectivity index (χ1v) is 21.0. The maximum atomic E-state index is 14.1. The Morgan fingerprint density at radius 2 is 1.95 bits per heavy atom. The summed E-state index contributed by atoms with van der Waals surface area (Å²) < 4.78 is 33.0. The van der Waals surface area contributed by atoms with E-state index < -0.39 is 15.9 Å². The number of rotatable bonds is 7. The Balaban J connectivity index is 1.06. The molecule has 1 aliphatic carbocycles. The maximum absolute atomic E-state index is 14.1. The molecule has 8 rings (SSSR count). The molecule has 0 unspecified atom stereocenters. The van der Waals surface area contributed by atoms with Gasteiger partial charge in [0.15, 0.2) is 0 Å². The van der Waals surface area contributed by atoms with Crippen molar-refractivity contribution >= 4 is 65.8 Å². The van der Waals surface area contributed by atoms with Crippen LogP contribution in [0.15, 0.2) is 46.8 Å². The average Bonchev–Trinajstić information content (AvgIpc) is 3.56. The van der Waals surface area contributed by atoms with E-state index in [0.717, 1.165) is 45.4 Å². The smallest absolute Gasteiger partial charge is 0.267 e. The minimum Gasteiger partial charge on any atom is -0.380 e. The van der Waals surface area contributed by atoms with Gasteiger partial charge in [0.05, 0.1) is 58.9 Å². The zero-order valence-electron chi connectivity index (χ0n) is 30.4. The monoisotopic (exact) mass is 796 g/mol. The molecule has 16 heteroatoms. The summed E-state index contributed by atoms with van der Waals surface area (Å²) in [7, 11) is -1.83. The van der Waals surface area contributed by atoms with E-state index in [1.807, 2.05) is 16.7 Å². The number of hydrogen-bond acceptors (Lipinski definition) is 12. The van der Waals surface area contributed by atoms with E-state index in [4.69, 9.17) is 16.3 Å². The van der Waals surface area contributed by atoms with Gasteiger partial charge in [0.1, 0.15) is 23.3 Å². The van der Waals surface area contributed by atoms with Crippen LogP contribution in [-0.4, -0.2) is 90.4 Å². The zero-order chi connectivity index (χ0) is 38.6. The van der Waals surface area contributed by atoms with Crippen LogP contribution in [0.2, 0.25) is 5.02 Å². The molecule has 55 heavy (non-hydrogen) atoms. The third-order valence-electron chi connectivity index (χ3n) is 11.0. The Bertz CT molecular complexity index is 2660. The molecule has 282 valence electrons. The number of hydrogen-bond donors (Lipinski definition) is 1. The molecule has 1 N–H and O–H groups in total. The van der Waals surface area contributed by atoms with Gasteiger partial charge in [-0.05, 0) is 56.9 Å². The number of amides is 1. The van der Waals surface area contributed by atoms with Crippen molar-refractivity contribution in [3.05, 3.63) is 79.9 Å². The normalized spacial score (nSPS) is 17.3. The molecule has 1 spiro atoms. The SMILES string of the molecule is Cc1nc2cnc(N(C)C3CCN(C4CC5(COC5)C4)CC3)c(C#N)c2c(=O)n1CC#Cc1ccc(Cl)cc1-c1ccnc2c(C(=O)NS(C)(=O)=O)csc12. The number of piperidine rings is 1. The number of nitrogens with zero attached hydrogens (tertiary/aromatic N) is 7. The Hall–Kier alpha value is -4.90. The molecule has 5 aromatic rings. The second-order valence-electron chi connectivity index (χ2n) is 14.7. The molecule has 0 atom stereocenters. The first-order valence-electron chi connectivity index (χ1n) is 17.9. The summed E-state index contributed by atoms with van der Waals surface area (Å²) in [6, 6.07) is 10.1. The highest BCUT2D eigenvalue weighted by Crippen LogP contribution is 2.49. The predicted octanol–water partition coefficient (Wildman–Crippen LogP) is 4.72. The van der Waals surface area contributed by atoms with Crippen molar-refractivity contribution in [2.75, 3.05) is 44.5 Å². The molecule has 2 aliphatic heterocycles. The molecule has 6 heterocycles. The predicted molar refractivity (Wildman–Crippen MR) is 212 cm³/mol. The Kier molecular flexibility index (Phi) is 9.64. The standard InChI is InChI=1S/C39H37ClN8O5S2/c1-23-44-32-19-43-36(46(2)26-9-13-47(14-10-26)27-16-39(17-27)21-53-22-39)30(18-41)33(32)38(50)48(23)12-4-5-24-6-7-25(40)15-29(24)28-8-11-42-34-31(20-54-35(28)34)37(49)45-55(3,51)52/h6-8,11,15,19-20,26-27H,9-10,12-14,16-17,21-22H2,1-3H3,(H,45,49). The van der Waals surface area contributed by atoms with Gasteiger partial charge in [-0.15, -0.1) is 11.3 Å². The molecule has 1 aromatic carbocycles. The lowest BCUT2D eigenvalue weighted by Crippen LogP contribution is -2.61. The Morgan fingerprint density at radius 1 is 1.18 bits per heavy atom. The Morgan fingerprint density at radius 3 is 2.64 bits per heavy atom. The van der Waals surface area contributed by atoms with Crippen molar-refractivity contribution < 1.29 is 17.9 Å². The first kappa shape index (κ1) is 37.0. The summed E-state index contributed by atoms with van der Waals surface area (Å²) in [4.78, 5) is 45.2. The molecule has 3 fully saturated rings. The van der Waals surface area contributed by atoms with Crippen molar-refractivity contribution in [1.29, 1.82) is 5.26 Å². The van der Waals surface area contributed by atoms with E-state index in [2.05, 4.69) is 37.8 Å². The van der Waals surface area contributed by atoms with Crippen LogP contribution in [0.25, 0.3) is 32.2 Å². The minimum absolute atomic E-state index is 0.00163. The number of carbonyl (C=O) groups excluding carboxylic acids is 1. The highest BCUT2D eigenvalue weighted by atomic mass is 35.5. The first-order chi connectivity index (χ1) is 26.3. The van der Waals surface area contributed by atoms with Crippen molar-refractivity contribution in [1.82, 2.24) is 29.1 Å². The summed E-state index contributed by atoms with van der Waals surface area (Å²) in [5, 5.41) is 12.7. The number of ether oxygens (including phenoxy) is 1. The van der Waals surface area contributed by atoms with Gasteiger partial charge < -0.3 is 14.5 Å². The van der Waals surface area contributed by atoms with Gasteiger partial charge in [-0.2, -0.15) is 5.26 Å². The number of aryl methyl sites for hydroxylation is 1. The number of sulfonamides is 1. The van der Waals surface area contributed by atoms with E-state index in [9.17, 15) is 23.3 Å². The molecular weight excluding hydrogens is 760 g/mol. The van der Waals surface area contributed by atoms with E-state index in [-0.39, 0.29) is 34.7 Å². The number of likely N-dealkylation sites (tertiary alicyclic amines) is 1. The van der Waals surface area contributed by atoms with Crippen LogP contribution < -0.4 is 15.2 Å². The maximum Gasteiger partial charge on any atom is 0.267 e. The van der Waals surface area contributed by atoms with Crippen LogP contribution in [0, 0.1) is 35.5 Å². The van der Waals surface area contributed by atoms with Crippen LogP contribution in [-0.2, 0) is 21.3 Å². The number of halogens is 1. The van der Waals surface area contributed by atoms with Gasteiger partial charge in [-0.3, -0.25) is 19.1 Å². The van der Waals surface area contributed by atoms with Gasteiger partial charge >= 0.3 is 0 Å². The third-order valence-corrected chi connectivity index (χ3v) is 12.8. The highest BCUT2D eigenvalue weighted by Gasteiger charge is 2.51. The number of aromatic nitrogens is 4. The van der Waals surface area contributed by atoms with Crippen LogP contribution >= 0.6 is 22.9 Å². The number of thiophene rings is 1. The summed E-state index contributed by atoms with van der Waals surface area (Å²) in [6.45, 7) is 5.48. The summed E-state index contributed by atoms with van der Waals surface area (Å²) in [5.41, 5.74) is 3.08. The van der Waals surface area contributed by atoms with Gasteiger partial charge in [0.2, 0.25) is 10.0 Å². The molecule has 1 saturated carbocycles. The number of pyridine rings is 2. The van der Waals surface area contributed by atoms with Crippen molar-refractivity contribution in [3.8, 4) is 29.0 Å². The fraction of sp³-hybridized carbons (Fsp3) is 0.385. The topological polar surface area (TPSA) is 163 Å². The summed E-state index contributed by atoms with van der Waals surface area (Å²) >= 11 is 7.69.